The first-order valence-electron chi connectivity index (χ1n) is 3.59. The molecule has 0 aromatic heterocycles. The van der Waals surface area contributed by atoms with E-state index in [4.69, 9.17) is 0 Å². The highest BCUT2D eigenvalue weighted by Gasteiger charge is 2.00. The fourth-order valence-electron chi connectivity index (χ4n) is 1.02. The van der Waals surface area contributed by atoms with Gasteiger partial charge >= 0.3 is 0 Å². The molecule has 1 aromatic rings. The molecule has 0 aliphatic rings. The molecule has 0 radical (unpaired) electrons. The topological polar surface area (TPSA) is 20.2 Å². The van der Waals surface area contributed by atoms with Gasteiger partial charge in [0.2, 0.25) is 0 Å². The fraction of sp³-hybridized carbons (Fsp3) is 0.333. The van der Waals surface area contributed by atoms with Crippen molar-refractivity contribution in [1.82, 2.24) is 0 Å². The van der Waals surface area contributed by atoms with Crippen LogP contribution in [0.25, 0.3) is 0 Å². The minimum atomic E-state index is 0.437. The van der Waals surface area contributed by atoms with Crippen LogP contribution in [0.3, 0.4) is 0 Å². The lowest BCUT2D eigenvalue weighted by atomic mass is 10.1. The molecule has 1 rings (SSSR count). The van der Waals surface area contributed by atoms with Crippen LogP contribution in [0.15, 0.2) is 18.2 Å². The fourth-order valence-corrected chi connectivity index (χ4v) is 1.45. The summed E-state index contributed by atoms with van der Waals surface area (Å²) < 4.78 is 0. The summed E-state index contributed by atoms with van der Waals surface area (Å²) in [4.78, 5) is 0. The van der Waals surface area contributed by atoms with Crippen LogP contribution in [0.1, 0.15) is 11.1 Å². The van der Waals surface area contributed by atoms with Gasteiger partial charge in [-0.05, 0) is 24.5 Å². The van der Waals surface area contributed by atoms with Gasteiger partial charge in [-0.2, -0.15) is 0 Å². The Morgan fingerprint density at radius 3 is 2.82 bits per heavy atom. The number of aromatic hydroxyl groups is 1. The number of alkyl halides is 1. The Kier molecular flexibility index (Phi) is 2.94. The number of hydrogen-bond donors (Lipinski definition) is 1. The maximum absolute atomic E-state index is 9.51. The molecule has 0 heterocycles. The minimum Gasteiger partial charge on any atom is -0.507 e. The molecule has 0 aliphatic heterocycles. The highest BCUT2D eigenvalue weighted by molar-refractivity contribution is 9.09. The van der Waals surface area contributed by atoms with Crippen molar-refractivity contribution in [2.24, 2.45) is 0 Å². The summed E-state index contributed by atoms with van der Waals surface area (Å²) in [5.41, 5.74) is 1.96. The Morgan fingerprint density at radius 2 is 2.18 bits per heavy atom. The Bertz CT molecular complexity index is 245. The summed E-state index contributed by atoms with van der Waals surface area (Å²) in [5, 5.41) is 10.4. The number of halogens is 1. The van der Waals surface area contributed by atoms with Crippen LogP contribution in [-0.2, 0) is 6.42 Å². The highest BCUT2D eigenvalue weighted by Crippen LogP contribution is 2.21. The molecule has 0 amide bonds. The molecule has 60 valence electrons. The summed E-state index contributed by atoms with van der Waals surface area (Å²) in [6.45, 7) is 1.91. The molecule has 0 aliphatic carbocycles. The standard InChI is InChI=1S/C9H11BrO/c1-7-3-2-4-8(5-6-10)9(7)11/h2-4,11H,5-6H2,1H3. The van der Waals surface area contributed by atoms with E-state index in [0.29, 0.717) is 5.75 Å². The lowest BCUT2D eigenvalue weighted by Gasteiger charge is -2.03. The number of benzene rings is 1. The first kappa shape index (κ1) is 8.60. The van der Waals surface area contributed by atoms with Crippen LogP contribution >= 0.6 is 15.9 Å². The summed E-state index contributed by atoms with van der Waals surface area (Å²) in [6, 6.07) is 5.82. The van der Waals surface area contributed by atoms with Crippen LogP contribution in [-0.4, -0.2) is 10.4 Å². The van der Waals surface area contributed by atoms with Gasteiger partial charge in [-0.1, -0.05) is 34.1 Å². The van der Waals surface area contributed by atoms with E-state index in [1.165, 1.54) is 0 Å². The molecular formula is C9H11BrO. The molecule has 0 saturated carbocycles. The van der Waals surface area contributed by atoms with E-state index in [9.17, 15) is 5.11 Å². The van der Waals surface area contributed by atoms with Crippen LogP contribution in [0, 0.1) is 6.92 Å². The van der Waals surface area contributed by atoms with E-state index in [-0.39, 0.29) is 0 Å². The highest BCUT2D eigenvalue weighted by atomic mass is 79.9. The van der Waals surface area contributed by atoms with Crippen molar-refractivity contribution >= 4 is 15.9 Å². The predicted octanol–water partition coefficient (Wildman–Crippen LogP) is 2.64. The predicted molar refractivity (Wildman–Crippen MR) is 50.3 cm³/mol. The van der Waals surface area contributed by atoms with Crippen LogP contribution in [0.5, 0.6) is 5.75 Å². The Morgan fingerprint density at radius 1 is 1.45 bits per heavy atom. The van der Waals surface area contributed by atoms with Crippen LogP contribution in [0.2, 0.25) is 0 Å². The molecule has 1 aromatic carbocycles. The smallest absolute Gasteiger partial charge is 0.121 e. The van der Waals surface area contributed by atoms with E-state index in [0.717, 1.165) is 22.9 Å². The number of rotatable bonds is 2. The first-order valence-corrected chi connectivity index (χ1v) is 4.71. The second kappa shape index (κ2) is 3.77. The molecule has 0 atom stereocenters. The van der Waals surface area contributed by atoms with E-state index in [1.807, 2.05) is 25.1 Å². The van der Waals surface area contributed by atoms with Crippen molar-refractivity contribution < 1.29 is 5.11 Å². The average molecular weight is 215 g/mol. The number of phenolic OH excluding ortho intramolecular Hbond substituents is 1. The molecule has 1 nitrogen and oxygen atoms in total. The molecule has 0 unspecified atom stereocenters. The lowest BCUT2D eigenvalue weighted by molar-refractivity contribution is 0.465. The van der Waals surface area contributed by atoms with Gasteiger partial charge in [0, 0.05) is 5.33 Å². The number of aryl methyl sites for hydroxylation is 2. The Hall–Kier alpha value is -0.500. The monoisotopic (exact) mass is 214 g/mol. The minimum absolute atomic E-state index is 0.437. The Balaban J connectivity index is 2.96. The molecule has 1 N–H and O–H groups in total. The number of phenols is 1. The third-order valence-electron chi connectivity index (χ3n) is 1.69. The van der Waals surface area contributed by atoms with E-state index < -0.39 is 0 Å². The summed E-state index contributed by atoms with van der Waals surface area (Å²) in [6.07, 6.45) is 0.882. The molecule has 11 heavy (non-hydrogen) atoms. The van der Waals surface area contributed by atoms with Crippen molar-refractivity contribution in [1.29, 1.82) is 0 Å². The van der Waals surface area contributed by atoms with Crippen molar-refractivity contribution in [2.75, 3.05) is 5.33 Å². The maximum Gasteiger partial charge on any atom is 0.121 e. The molecule has 2 heteroatoms. The molecule has 0 spiro atoms. The third kappa shape index (κ3) is 1.96. The number of hydrogen-bond acceptors (Lipinski definition) is 1. The quantitative estimate of drug-likeness (QED) is 0.752. The summed E-state index contributed by atoms with van der Waals surface area (Å²) in [5.74, 6) is 0.437. The van der Waals surface area contributed by atoms with Crippen LogP contribution in [0.4, 0.5) is 0 Å². The van der Waals surface area contributed by atoms with Gasteiger partial charge in [0.15, 0.2) is 0 Å². The third-order valence-corrected chi connectivity index (χ3v) is 2.08. The maximum atomic E-state index is 9.51. The van der Waals surface area contributed by atoms with E-state index in [1.54, 1.807) is 0 Å². The second-order valence-electron chi connectivity index (χ2n) is 2.52. The first-order chi connectivity index (χ1) is 5.25. The van der Waals surface area contributed by atoms with Crippen LogP contribution < -0.4 is 0 Å². The SMILES string of the molecule is Cc1cccc(CCBr)c1O. The second-order valence-corrected chi connectivity index (χ2v) is 3.31. The molecule has 0 fully saturated rings. The van der Waals surface area contributed by atoms with Crippen molar-refractivity contribution in [3.05, 3.63) is 29.3 Å². The lowest BCUT2D eigenvalue weighted by Crippen LogP contribution is -1.87. The normalized spacial score (nSPS) is 10.0. The van der Waals surface area contributed by atoms with Crippen molar-refractivity contribution in [2.45, 2.75) is 13.3 Å². The van der Waals surface area contributed by atoms with Gasteiger partial charge in [0.05, 0.1) is 0 Å². The summed E-state index contributed by atoms with van der Waals surface area (Å²) in [7, 11) is 0. The molecular weight excluding hydrogens is 204 g/mol. The van der Waals surface area contributed by atoms with Crippen molar-refractivity contribution in [3.8, 4) is 5.75 Å². The average Bonchev–Trinajstić information content (AvgIpc) is 1.99. The van der Waals surface area contributed by atoms with Crippen molar-refractivity contribution in [3.63, 3.8) is 0 Å². The zero-order chi connectivity index (χ0) is 8.27. The van der Waals surface area contributed by atoms with Gasteiger partial charge in [-0.15, -0.1) is 0 Å². The van der Waals surface area contributed by atoms with Gasteiger partial charge in [-0.3, -0.25) is 0 Å². The number of para-hydroxylation sites is 1. The Labute approximate surface area is 75.2 Å². The molecule has 0 bridgehead atoms. The zero-order valence-corrected chi connectivity index (χ0v) is 8.06. The van der Waals surface area contributed by atoms with E-state index >= 15 is 0 Å². The van der Waals surface area contributed by atoms with E-state index in [2.05, 4.69) is 15.9 Å². The van der Waals surface area contributed by atoms with Gasteiger partial charge < -0.3 is 5.11 Å². The largest absolute Gasteiger partial charge is 0.507 e. The van der Waals surface area contributed by atoms with Gasteiger partial charge in [0.25, 0.3) is 0 Å². The van der Waals surface area contributed by atoms with Gasteiger partial charge in [0.1, 0.15) is 5.75 Å². The summed E-state index contributed by atoms with van der Waals surface area (Å²) >= 11 is 3.33. The van der Waals surface area contributed by atoms with Gasteiger partial charge in [-0.25, -0.2) is 0 Å². The zero-order valence-electron chi connectivity index (χ0n) is 6.47. The molecule has 0 saturated heterocycles.